The zero-order chi connectivity index (χ0) is 13.2. The van der Waals surface area contributed by atoms with E-state index in [0.29, 0.717) is 18.1 Å². The summed E-state index contributed by atoms with van der Waals surface area (Å²) in [5.74, 6) is 2.33. The van der Waals surface area contributed by atoms with Gasteiger partial charge in [-0.2, -0.15) is 4.98 Å². The quantitative estimate of drug-likeness (QED) is 0.909. The number of para-hydroxylation sites is 1. The molecule has 1 fully saturated rings. The third-order valence-corrected chi connectivity index (χ3v) is 3.49. The van der Waals surface area contributed by atoms with Crippen molar-refractivity contribution in [3.8, 4) is 5.75 Å². The number of benzene rings is 1. The highest BCUT2D eigenvalue weighted by atomic mass is 16.5. The van der Waals surface area contributed by atoms with Crippen molar-refractivity contribution in [2.75, 3.05) is 7.11 Å². The van der Waals surface area contributed by atoms with E-state index >= 15 is 0 Å². The minimum Gasteiger partial charge on any atom is -0.496 e. The van der Waals surface area contributed by atoms with E-state index in [2.05, 4.69) is 10.1 Å². The van der Waals surface area contributed by atoms with Crippen LogP contribution < -0.4 is 4.74 Å². The lowest BCUT2D eigenvalue weighted by atomic mass is 9.82. The first-order valence-corrected chi connectivity index (χ1v) is 6.38. The highest BCUT2D eigenvalue weighted by molar-refractivity contribution is 5.35. The summed E-state index contributed by atoms with van der Waals surface area (Å²) in [6.07, 6.45) is 1.81. The van der Waals surface area contributed by atoms with Gasteiger partial charge in [-0.05, 0) is 18.9 Å². The maximum Gasteiger partial charge on any atom is 0.229 e. The maximum atomic E-state index is 9.28. The number of methoxy groups -OCH3 is 1. The smallest absolute Gasteiger partial charge is 0.229 e. The Kier molecular flexibility index (Phi) is 3.21. The number of rotatable bonds is 4. The SMILES string of the molecule is COc1ccccc1Cc1noc(C2CC(O)C2)n1. The van der Waals surface area contributed by atoms with E-state index in [0.717, 1.165) is 24.2 Å². The number of nitrogens with zero attached hydrogens (tertiary/aromatic N) is 2. The van der Waals surface area contributed by atoms with E-state index in [-0.39, 0.29) is 12.0 Å². The highest BCUT2D eigenvalue weighted by Gasteiger charge is 2.33. The summed E-state index contributed by atoms with van der Waals surface area (Å²) in [7, 11) is 1.65. The van der Waals surface area contributed by atoms with Gasteiger partial charge in [-0.3, -0.25) is 0 Å². The van der Waals surface area contributed by atoms with Crippen LogP contribution in [0.3, 0.4) is 0 Å². The molecule has 5 heteroatoms. The van der Waals surface area contributed by atoms with Crippen LogP contribution in [-0.2, 0) is 6.42 Å². The predicted octanol–water partition coefficient (Wildman–Crippen LogP) is 1.91. The average Bonchev–Trinajstić information content (AvgIpc) is 2.84. The largest absolute Gasteiger partial charge is 0.496 e. The Bertz CT molecular complexity index is 561. The van der Waals surface area contributed by atoms with Gasteiger partial charge in [-0.15, -0.1) is 0 Å². The summed E-state index contributed by atoms with van der Waals surface area (Å²) in [4.78, 5) is 4.39. The van der Waals surface area contributed by atoms with Crippen molar-refractivity contribution < 1.29 is 14.4 Å². The Labute approximate surface area is 111 Å². The summed E-state index contributed by atoms with van der Waals surface area (Å²) in [5.41, 5.74) is 1.03. The van der Waals surface area contributed by atoms with Crippen molar-refractivity contribution in [3.05, 3.63) is 41.5 Å². The fourth-order valence-electron chi connectivity index (χ4n) is 2.31. The molecule has 0 saturated heterocycles. The third-order valence-electron chi connectivity index (χ3n) is 3.49. The van der Waals surface area contributed by atoms with Crippen LogP contribution in [0.15, 0.2) is 28.8 Å². The highest BCUT2D eigenvalue weighted by Crippen LogP contribution is 2.35. The summed E-state index contributed by atoms with van der Waals surface area (Å²) < 4.78 is 10.5. The summed E-state index contributed by atoms with van der Waals surface area (Å²) in [6.45, 7) is 0. The third kappa shape index (κ3) is 2.46. The molecule has 0 aliphatic heterocycles. The van der Waals surface area contributed by atoms with Crippen LogP contribution in [0, 0.1) is 0 Å². The van der Waals surface area contributed by atoms with E-state index in [1.807, 2.05) is 24.3 Å². The number of aromatic nitrogens is 2. The normalized spacial score (nSPS) is 22.0. The van der Waals surface area contributed by atoms with Crippen LogP contribution in [0.1, 0.15) is 36.0 Å². The Balaban J connectivity index is 1.73. The fraction of sp³-hybridized carbons (Fsp3) is 0.429. The molecule has 19 heavy (non-hydrogen) atoms. The van der Waals surface area contributed by atoms with Gasteiger partial charge in [0.25, 0.3) is 0 Å². The number of aliphatic hydroxyl groups excluding tert-OH is 1. The van der Waals surface area contributed by atoms with E-state index in [1.165, 1.54) is 0 Å². The maximum absolute atomic E-state index is 9.28. The van der Waals surface area contributed by atoms with Crippen LogP contribution in [0.25, 0.3) is 0 Å². The molecule has 1 N–H and O–H groups in total. The van der Waals surface area contributed by atoms with Crippen molar-refractivity contribution >= 4 is 0 Å². The second-order valence-electron chi connectivity index (χ2n) is 4.86. The molecule has 1 aromatic heterocycles. The molecule has 1 aromatic carbocycles. The first-order chi connectivity index (χ1) is 9.26. The average molecular weight is 260 g/mol. The molecule has 0 radical (unpaired) electrons. The molecule has 1 heterocycles. The van der Waals surface area contributed by atoms with Crippen LogP contribution in [0.4, 0.5) is 0 Å². The number of ether oxygens (including phenoxy) is 1. The van der Waals surface area contributed by atoms with E-state index in [1.54, 1.807) is 7.11 Å². The Morgan fingerprint density at radius 1 is 1.37 bits per heavy atom. The van der Waals surface area contributed by atoms with Crippen LogP contribution >= 0.6 is 0 Å². The molecule has 0 spiro atoms. The first kappa shape index (κ1) is 12.2. The molecule has 2 aromatic rings. The fourth-order valence-corrected chi connectivity index (χ4v) is 2.31. The Hall–Kier alpha value is -1.88. The molecule has 0 atom stereocenters. The zero-order valence-electron chi connectivity index (χ0n) is 10.7. The molecular weight excluding hydrogens is 244 g/mol. The zero-order valence-corrected chi connectivity index (χ0v) is 10.7. The Morgan fingerprint density at radius 3 is 2.89 bits per heavy atom. The number of hydrogen-bond donors (Lipinski definition) is 1. The molecule has 5 nitrogen and oxygen atoms in total. The second kappa shape index (κ2) is 5.01. The molecule has 0 amide bonds. The molecule has 1 aliphatic rings. The lowest BCUT2D eigenvalue weighted by Crippen LogP contribution is -2.26. The number of hydrogen-bond acceptors (Lipinski definition) is 5. The molecule has 100 valence electrons. The van der Waals surface area contributed by atoms with Crippen molar-refractivity contribution in [1.29, 1.82) is 0 Å². The van der Waals surface area contributed by atoms with Crippen molar-refractivity contribution in [3.63, 3.8) is 0 Å². The summed E-state index contributed by atoms with van der Waals surface area (Å²) >= 11 is 0. The lowest BCUT2D eigenvalue weighted by Gasteiger charge is -2.27. The Morgan fingerprint density at radius 2 is 2.16 bits per heavy atom. The molecule has 0 bridgehead atoms. The first-order valence-electron chi connectivity index (χ1n) is 6.38. The molecular formula is C14H16N2O3. The van der Waals surface area contributed by atoms with Gasteiger partial charge in [-0.1, -0.05) is 23.4 Å². The van der Waals surface area contributed by atoms with Gasteiger partial charge in [-0.25, -0.2) is 0 Å². The molecule has 1 aliphatic carbocycles. The van der Waals surface area contributed by atoms with Crippen LogP contribution in [0.5, 0.6) is 5.75 Å². The van der Waals surface area contributed by atoms with Crippen LogP contribution in [0.2, 0.25) is 0 Å². The van der Waals surface area contributed by atoms with Gasteiger partial charge in [0.1, 0.15) is 5.75 Å². The van der Waals surface area contributed by atoms with Gasteiger partial charge in [0.2, 0.25) is 5.89 Å². The van der Waals surface area contributed by atoms with E-state index < -0.39 is 0 Å². The summed E-state index contributed by atoms with van der Waals surface area (Å²) in [6, 6.07) is 7.79. The molecule has 0 unspecified atom stereocenters. The topological polar surface area (TPSA) is 68.4 Å². The van der Waals surface area contributed by atoms with Crippen LogP contribution in [-0.4, -0.2) is 28.5 Å². The van der Waals surface area contributed by atoms with Gasteiger partial charge < -0.3 is 14.4 Å². The van der Waals surface area contributed by atoms with Gasteiger partial charge in [0, 0.05) is 17.9 Å². The van der Waals surface area contributed by atoms with Gasteiger partial charge in [0.15, 0.2) is 5.82 Å². The van der Waals surface area contributed by atoms with Gasteiger partial charge in [0.05, 0.1) is 13.2 Å². The van der Waals surface area contributed by atoms with Gasteiger partial charge >= 0.3 is 0 Å². The standard InChI is InChI=1S/C14H16N2O3/c1-18-12-5-3-2-4-9(12)8-13-15-14(19-16-13)10-6-11(17)7-10/h2-5,10-11,17H,6-8H2,1H3. The number of aliphatic hydroxyl groups is 1. The second-order valence-corrected chi connectivity index (χ2v) is 4.86. The van der Waals surface area contributed by atoms with Crippen molar-refractivity contribution in [1.82, 2.24) is 10.1 Å². The predicted molar refractivity (Wildman–Crippen MR) is 68.1 cm³/mol. The lowest BCUT2D eigenvalue weighted by molar-refractivity contribution is 0.0625. The molecule has 1 saturated carbocycles. The monoisotopic (exact) mass is 260 g/mol. The van der Waals surface area contributed by atoms with E-state index in [4.69, 9.17) is 9.26 Å². The van der Waals surface area contributed by atoms with E-state index in [9.17, 15) is 5.11 Å². The minimum atomic E-state index is -0.213. The summed E-state index contributed by atoms with van der Waals surface area (Å²) in [5, 5.41) is 13.3. The minimum absolute atomic E-state index is 0.213. The van der Waals surface area contributed by atoms with Crippen molar-refractivity contribution in [2.24, 2.45) is 0 Å². The molecule has 3 rings (SSSR count). The van der Waals surface area contributed by atoms with Crippen molar-refractivity contribution in [2.45, 2.75) is 31.3 Å².